The fraction of sp³-hybridized carbons (Fsp3) is 0.160. The van der Waals surface area contributed by atoms with Crippen LogP contribution >= 0.6 is 0 Å². The number of aromatic nitrogens is 1. The Morgan fingerprint density at radius 2 is 1.56 bits per heavy atom. The maximum atomic E-state index is 12.5. The average Bonchev–Trinajstić information content (AvgIpc) is 3.12. The number of aromatic amines is 1. The van der Waals surface area contributed by atoms with Crippen LogP contribution < -0.4 is 14.2 Å². The van der Waals surface area contributed by atoms with Gasteiger partial charge in [-0.25, -0.2) is 4.79 Å². The van der Waals surface area contributed by atoms with Gasteiger partial charge in [-0.1, -0.05) is 18.2 Å². The zero-order chi connectivity index (χ0) is 24.5. The number of alkyl halides is 3. The van der Waals surface area contributed by atoms with E-state index in [1.54, 1.807) is 42.5 Å². The number of carboxylic acids is 1. The summed E-state index contributed by atoms with van der Waals surface area (Å²) in [6.45, 7) is 3.82. The number of carboxylic acid groups (broad SMARTS) is 1. The van der Waals surface area contributed by atoms with E-state index in [4.69, 9.17) is 9.47 Å². The van der Waals surface area contributed by atoms with Gasteiger partial charge in [0.15, 0.2) is 0 Å². The number of benzene rings is 3. The van der Waals surface area contributed by atoms with Crippen molar-refractivity contribution in [3.63, 3.8) is 0 Å². The Kier molecular flexibility index (Phi) is 6.10. The fourth-order valence-corrected chi connectivity index (χ4v) is 3.54. The average molecular weight is 471 g/mol. The minimum atomic E-state index is -4.81. The molecule has 0 saturated heterocycles. The molecule has 4 aromatic rings. The highest BCUT2D eigenvalue weighted by molar-refractivity contribution is 6.07. The number of hydrogen-bond donors (Lipinski definition) is 2. The van der Waals surface area contributed by atoms with Gasteiger partial charge < -0.3 is 24.3 Å². The van der Waals surface area contributed by atoms with Gasteiger partial charge in [-0.3, -0.25) is 0 Å². The van der Waals surface area contributed by atoms with Gasteiger partial charge in [0.1, 0.15) is 28.7 Å². The number of halogens is 3. The molecule has 0 aliphatic heterocycles. The summed E-state index contributed by atoms with van der Waals surface area (Å²) in [4.78, 5) is 14.8. The monoisotopic (exact) mass is 471 g/mol. The molecule has 0 atom stereocenters. The molecule has 0 radical (unpaired) electrons. The molecular formula is C25H20F3NO5. The summed E-state index contributed by atoms with van der Waals surface area (Å²) in [5.74, 6) is -0.434. The van der Waals surface area contributed by atoms with Crippen LogP contribution in [0.25, 0.3) is 22.0 Å². The van der Waals surface area contributed by atoms with Gasteiger partial charge in [-0.05, 0) is 55.8 Å². The molecule has 2 N–H and O–H groups in total. The molecule has 1 aromatic heterocycles. The zero-order valence-corrected chi connectivity index (χ0v) is 18.1. The number of ether oxygens (including phenoxy) is 3. The molecule has 0 saturated carbocycles. The number of nitrogens with one attached hydrogen (secondary N) is 1. The van der Waals surface area contributed by atoms with E-state index in [-0.39, 0.29) is 17.5 Å². The van der Waals surface area contributed by atoms with Crippen LogP contribution in [0.5, 0.6) is 23.0 Å². The molecule has 0 aliphatic rings. The summed E-state index contributed by atoms with van der Waals surface area (Å²) in [5.41, 5.74) is 1.69. The topological polar surface area (TPSA) is 80.8 Å². The first-order chi connectivity index (χ1) is 16.1. The van der Waals surface area contributed by atoms with Crippen LogP contribution in [0.15, 0.2) is 66.7 Å². The van der Waals surface area contributed by atoms with Crippen LogP contribution in [0.1, 0.15) is 24.3 Å². The SMILES string of the molecule is CC(C)Oc1ccc(-c2c(C(=O)O)[nH]c3cc(Oc4cccc(OC(F)(F)F)c4)ccc23)cc1. The highest BCUT2D eigenvalue weighted by atomic mass is 19.4. The van der Waals surface area contributed by atoms with Crippen LogP contribution in [-0.2, 0) is 0 Å². The first kappa shape index (κ1) is 23.0. The predicted octanol–water partition coefficient (Wildman–Crippen LogP) is 7.01. The van der Waals surface area contributed by atoms with Crippen molar-refractivity contribution in [2.45, 2.75) is 26.3 Å². The number of aromatic carboxylic acids is 1. The van der Waals surface area contributed by atoms with E-state index in [0.717, 1.165) is 12.1 Å². The molecule has 0 aliphatic carbocycles. The van der Waals surface area contributed by atoms with E-state index in [1.807, 2.05) is 13.8 Å². The van der Waals surface area contributed by atoms with Crippen LogP contribution in [0, 0.1) is 0 Å². The molecule has 0 bridgehead atoms. The molecule has 0 fully saturated rings. The summed E-state index contributed by atoms with van der Waals surface area (Å²) in [7, 11) is 0. The van der Waals surface area contributed by atoms with E-state index in [2.05, 4.69) is 9.72 Å². The Bertz CT molecular complexity index is 1330. The Labute approximate surface area is 192 Å². The van der Waals surface area contributed by atoms with Crippen LogP contribution in [0.2, 0.25) is 0 Å². The Hall–Kier alpha value is -4.14. The lowest BCUT2D eigenvalue weighted by atomic mass is 10.0. The van der Waals surface area contributed by atoms with E-state index in [0.29, 0.717) is 33.5 Å². The van der Waals surface area contributed by atoms with Gasteiger partial charge in [-0.15, -0.1) is 13.2 Å². The molecule has 6 nitrogen and oxygen atoms in total. The number of rotatable bonds is 7. The molecular weight excluding hydrogens is 451 g/mol. The normalized spacial score (nSPS) is 11.6. The summed E-state index contributed by atoms with van der Waals surface area (Å²) >= 11 is 0. The van der Waals surface area contributed by atoms with E-state index in [1.165, 1.54) is 12.1 Å². The first-order valence-corrected chi connectivity index (χ1v) is 10.3. The third-order valence-corrected chi connectivity index (χ3v) is 4.77. The second-order valence-electron chi connectivity index (χ2n) is 7.70. The summed E-state index contributed by atoms with van der Waals surface area (Å²) in [6.07, 6.45) is -4.81. The van der Waals surface area contributed by atoms with E-state index < -0.39 is 18.1 Å². The number of carbonyl (C=O) groups is 1. The van der Waals surface area contributed by atoms with E-state index >= 15 is 0 Å². The second kappa shape index (κ2) is 9.01. The molecule has 34 heavy (non-hydrogen) atoms. The maximum Gasteiger partial charge on any atom is 0.573 e. The lowest BCUT2D eigenvalue weighted by Gasteiger charge is -2.11. The van der Waals surface area contributed by atoms with Crippen LogP contribution in [0.4, 0.5) is 13.2 Å². The molecule has 4 rings (SSSR count). The maximum absolute atomic E-state index is 12.5. The van der Waals surface area contributed by atoms with Crippen molar-refractivity contribution in [1.82, 2.24) is 4.98 Å². The molecule has 1 heterocycles. The molecule has 0 spiro atoms. The minimum Gasteiger partial charge on any atom is -0.491 e. The smallest absolute Gasteiger partial charge is 0.491 e. The lowest BCUT2D eigenvalue weighted by molar-refractivity contribution is -0.274. The zero-order valence-electron chi connectivity index (χ0n) is 18.1. The summed E-state index contributed by atoms with van der Waals surface area (Å²) in [6, 6.07) is 17.1. The Morgan fingerprint density at radius 3 is 2.21 bits per heavy atom. The molecule has 9 heteroatoms. The highest BCUT2D eigenvalue weighted by Crippen LogP contribution is 2.36. The summed E-state index contributed by atoms with van der Waals surface area (Å²) in [5, 5.41) is 10.4. The number of fused-ring (bicyclic) bond motifs is 1. The van der Waals surface area contributed by atoms with Gasteiger partial charge >= 0.3 is 12.3 Å². The quantitative estimate of drug-likeness (QED) is 0.303. The van der Waals surface area contributed by atoms with Gasteiger partial charge in [0, 0.05) is 23.1 Å². The van der Waals surface area contributed by atoms with Gasteiger partial charge in [0.25, 0.3) is 0 Å². The molecule has 0 amide bonds. The molecule has 176 valence electrons. The number of H-pyrrole nitrogens is 1. The third kappa shape index (κ3) is 5.25. The largest absolute Gasteiger partial charge is 0.573 e. The lowest BCUT2D eigenvalue weighted by Crippen LogP contribution is -2.16. The highest BCUT2D eigenvalue weighted by Gasteiger charge is 2.31. The molecule has 3 aromatic carbocycles. The minimum absolute atomic E-state index is 0.00486. The Balaban J connectivity index is 1.67. The van der Waals surface area contributed by atoms with Crippen molar-refractivity contribution >= 4 is 16.9 Å². The Morgan fingerprint density at radius 1 is 0.912 bits per heavy atom. The van der Waals surface area contributed by atoms with Crippen LogP contribution in [0.3, 0.4) is 0 Å². The van der Waals surface area contributed by atoms with Crippen molar-refractivity contribution in [2.75, 3.05) is 0 Å². The molecule has 0 unspecified atom stereocenters. The van der Waals surface area contributed by atoms with Gasteiger partial charge in [0.05, 0.1) is 11.6 Å². The van der Waals surface area contributed by atoms with Crippen LogP contribution in [-0.4, -0.2) is 28.5 Å². The second-order valence-corrected chi connectivity index (χ2v) is 7.70. The first-order valence-electron chi connectivity index (χ1n) is 10.3. The van der Waals surface area contributed by atoms with Gasteiger partial charge in [-0.2, -0.15) is 0 Å². The number of hydrogen-bond acceptors (Lipinski definition) is 4. The van der Waals surface area contributed by atoms with Crippen molar-refractivity contribution in [3.8, 4) is 34.1 Å². The fourth-order valence-electron chi connectivity index (χ4n) is 3.54. The van der Waals surface area contributed by atoms with E-state index in [9.17, 15) is 23.1 Å². The van der Waals surface area contributed by atoms with Crippen molar-refractivity contribution < 1.29 is 37.3 Å². The van der Waals surface area contributed by atoms with Crippen molar-refractivity contribution in [3.05, 3.63) is 72.4 Å². The predicted molar refractivity (Wildman–Crippen MR) is 120 cm³/mol. The standard InChI is InChI=1S/C25H20F3NO5/c1-14(2)32-16-8-6-15(7-9-16)22-20-11-10-18(13-21(20)29-23(22)24(30)31)33-17-4-3-5-19(12-17)34-25(26,27)28/h3-14,29H,1-2H3,(H,30,31). The van der Waals surface area contributed by atoms with Gasteiger partial charge in [0.2, 0.25) is 0 Å². The van der Waals surface area contributed by atoms with Crippen molar-refractivity contribution in [1.29, 1.82) is 0 Å². The van der Waals surface area contributed by atoms with Crippen molar-refractivity contribution in [2.24, 2.45) is 0 Å². The third-order valence-electron chi connectivity index (χ3n) is 4.77. The summed E-state index contributed by atoms with van der Waals surface area (Å²) < 4.78 is 52.7.